The topological polar surface area (TPSA) is 108 Å². The highest BCUT2D eigenvalue weighted by Crippen LogP contribution is 2.34. The molecule has 4 aromatic rings. The summed E-state index contributed by atoms with van der Waals surface area (Å²) in [5.74, 6) is -1.73. The predicted molar refractivity (Wildman–Crippen MR) is 133 cm³/mol. The standard InChI is InChI=1S/C26H22ClFN4O4/c1-32(2)24(33)16-9-17(10-16)36-26-29-21-12-19(27)22(30-23(21)31-26)14-5-3-13(4-6-14)18-8-7-15(25(34)35)11-20(18)28/h3-8,11-12,16-17H,9-10H2,1-2H3,(H,34,35)(H,29,30,31)/t16-,17+. The van der Waals surface area contributed by atoms with Gasteiger partial charge >= 0.3 is 5.97 Å². The number of imidazole rings is 1. The van der Waals surface area contributed by atoms with Crippen LogP contribution in [0.1, 0.15) is 23.2 Å². The SMILES string of the molecule is CN(C)C(=O)[C@H]1C[C@@H](Oc2nc3nc(-c4ccc(-c5ccc(C(=O)O)cc5F)cc4)c(Cl)cc3[nH]2)C1. The van der Waals surface area contributed by atoms with Crippen molar-refractivity contribution in [3.63, 3.8) is 0 Å². The number of aromatic carboxylic acids is 1. The lowest BCUT2D eigenvalue weighted by Gasteiger charge is -2.34. The number of carboxylic acids is 1. The minimum Gasteiger partial charge on any atom is -0.478 e. The zero-order valence-corrected chi connectivity index (χ0v) is 20.2. The third kappa shape index (κ3) is 4.49. The maximum absolute atomic E-state index is 14.4. The molecule has 0 bridgehead atoms. The van der Waals surface area contributed by atoms with E-state index < -0.39 is 11.8 Å². The summed E-state index contributed by atoms with van der Waals surface area (Å²) in [6.45, 7) is 0. The lowest BCUT2D eigenvalue weighted by Crippen LogP contribution is -2.43. The maximum Gasteiger partial charge on any atom is 0.335 e. The smallest absolute Gasteiger partial charge is 0.335 e. The number of nitrogens with one attached hydrogen (secondary N) is 1. The fourth-order valence-electron chi connectivity index (χ4n) is 4.23. The number of hydrogen-bond acceptors (Lipinski definition) is 5. The Bertz CT molecular complexity index is 1480. The molecule has 2 N–H and O–H groups in total. The number of ether oxygens (including phenoxy) is 1. The van der Waals surface area contributed by atoms with Gasteiger partial charge in [0, 0.05) is 31.1 Å². The van der Waals surface area contributed by atoms with E-state index in [0.717, 1.165) is 6.07 Å². The van der Waals surface area contributed by atoms with E-state index in [0.29, 0.717) is 57.4 Å². The first-order chi connectivity index (χ1) is 17.2. The second kappa shape index (κ2) is 9.23. The molecule has 5 rings (SSSR count). The van der Waals surface area contributed by atoms with Crippen molar-refractivity contribution in [3.05, 3.63) is 64.9 Å². The van der Waals surface area contributed by atoms with Crippen LogP contribution in [-0.4, -0.2) is 57.0 Å². The molecule has 2 aromatic carbocycles. The number of nitrogens with zero attached hydrogens (tertiary/aromatic N) is 3. The molecule has 0 aliphatic heterocycles. The van der Waals surface area contributed by atoms with Crippen LogP contribution in [0.5, 0.6) is 6.01 Å². The highest BCUT2D eigenvalue weighted by Gasteiger charge is 2.37. The van der Waals surface area contributed by atoms with Gasteiger partial charge in [0.1, 0.15) is 11.9 Å². The predicted octanol–water partition coefficient (Wildman–Crippen LogP) is 5.03. The number of hydrogen-bond donors (Lipinski definition) is 2. The Morgan fingerprint density at radius 2 is 1.78 bits per heavy atom. The summed E-state index contributed by atoms with van der Waals surface area (Å²) in [5, 5.41) is 9.43. The summed E-state index contributed by atoms with van der Waals surface area (Å²) in [7, 11) is 3.49. The average molecular weight is 509 g/mol. The molecule has 8 nitrogen and oxygen atoms in total. The quantitative estimate of drug-likeness (QED) is 0.378. The molecule has 0 saturated heterocycles. The molecular weight excluding hydrogens is 487 g/mol. The van der Waals surface area contributed by atoms with Crippen molar-refractivity contribution in [1.29, 1.82) is 0 Å². The monoisotopic (exact) mass is 508 g/mol. The lowest BCUT2D eigenvalue weighted by atomic mass is 9.81. The van der Waals surface area contributed by atoms with Crippen molar-refractivity contribution in [2.24, 2.45) is 5.92 Å². The zero-order valence-electron chi connectivity index (χ0n) is 19.5. The Morgan fingerprint density at radius 3 is 2.42 bits per heavy atom. The van der Waals surface area contributed by atoms with E-state index in [2.05, 4.69) is 15.0 Å². The number of carboxylic acid groups (broad SMARTS) is 1. The zero-order chi connectivity index (χ0) is 25.6. The average Bonchev–Trinajstić information content (AvgIpc) is 3.21. The molecule has 1 fully saturated rings. The summed E-state index contributed by atoms with van der Waals surface area (Å²) >= 11 is 6.50. The van der Waals surface area contributed by atoms with Crippen molar-refractivity contribution in [3.8, 4) is 28.4 Å². The minimum absolute atomic E-state index is 0.0277. The highest BCUT2D eigenvalue weighted by molar-refractivity contribution is 6.33. The molecule has 1 saturated carbocycles. The molecule has 1 aliphatic carbocycles. The van der Waals surface area contributed by atoms with Crippen LogP contribution in [0.25, 0.3) is 33.5 Å². The van der Waals surface area contributed by atoms with Gasteiger partial charge in [0.2, 0.25) is 5.91 Å². The second-order valence-electron chi connectivity index (χ2n) is 8.95. The van der Waals surface area contributed by atoms with Crippen LogP contribution in [0.2, 0.25) is 5.02 Å². The van der Waals surface area contributed by atoms with Gasteiger partial charge in [0.25, 0.3) is 6.01 Å². The van der Waals surface area contributed by atoms with Gasteiger partial charge in [-0.05, 0) is 36.6 Å². The van der Waals surface area contributed by atoms with Crippen LogP contribution >= 0.6 is 11.6 Å². The van der Waals surface area contributed by atoms with Crippen LogP contribution in [-0.2, 0) is 4.79 Å². The molecule has 0 unspecified atom stereocenters. The van der Waals surface area contributed by atoms with Gasteiger partial charge in [-0.15, -0.1) is 0 Å². The van der Waals surface area contributed by atoms with Crippen molar-refractivity contribution in [2.45, 2.75) is 18.9 Å². The van der Waals surface area contributed by atoms with E-state index in [-0.39, 0.29) is 23.5 Å². The molecule has 0 spiro atoms. The summed E-state index contributed by atoms with van der Waals surface area (Å²) in [6.07, 6.45) is 1.19. The van der Waals surface area contributed by atoms with Gasteiger partial charge in [-0.25, -0.2) is 14.2 Å². The van der Waals surface area contributed by atoms with Crippen LogP contribution in [0.4, 0.5) is 4.39 Å². The minimum atomic E-state index is -1.19. The number of amides is 1. The van der Waals surface area contributed by atoms with E-state index in [9.17, 15) is 14.0 Å². The van der Waals surface area contributed by atoms with Gasteiger partial charge in [-0.2, -0.15) is 4.98 Å². The Hall–Kier alpha value is -3.98. The highest BCUT2D eigenvalue weighted by atomic mass is 35.5. The normalized spacial score (nSPS) is 17.0. The van der Waals surface area contributed by atoms with Crippen molar-refractivity contribution < 1.29 is 23.8 Å². The molecule has 0 atom stereocenters. The van der Waals surface area contributed by atoms with Crippen LogP contribution < -0.4 is 4.74 Å². The Labute approximate surface area is 210 Å². The molecule has 0 radical (unpaired) electrons. The molecule has 10 heteroatoms. The van der Waals surface area contributed by atoms with Gasteiger partial charge in [0.05, 0.1) is 21.8 Å². The first-order valence-electron chi connectivity index (χ1n) is 11.3. The number of carbonyl (C=O) groups excluding carboxylic acids is 1. The first-order valence-corrected chi connectivity index (χ1v) is 11.6. The number of halogens is 2. The second-order valence-corrected chi connectivity index (χ2v) is 9.36. The Morgan fingerprint density at radius 1 is 1.08 bits per heavy atom. The van der Waals surface area contributed by atoms with E-state index in [1.165, 1.54) is 12.1 Å². The van der Waals surface area contributed by atoms with Gasteiger partial charge in [0.15, 0.2) is 5.65 Å². The largest absolute Gasteiger partial charge is 0.478 e. The third-order valence-electron chi connectivity index (χ3n) is 6.25. The van der Waals surface area contributed by atoms with Gasteiger partial charge < -0.3 is 19.7 Å². The summed E-state index contributed by atoms with van der Waals surface area (Å²) < 4.78 is 20.3. The van der Waals surface area contributed by atoms with Gasteiger partial charge in [-0.1, -0.05) is 41.9 Å². The fraction of sp³-hybridized carbons (Fsp3) is 0.231. The maximum atomic E-state index is 14.4. The fourth-order valence-corrected chi connectivity index (χ4v) is 4.49. The van der Waals surface area contributed by atoms with Crippen molar-refractivity contribution in [1.82, 2.24) is 19.9 Å². The van der Waals surface area contributed by atoms with Crippen molar-refractivity contribution >= 4 is 34.6 Å². The summed E-state index contributed by atoms with van der Waals surface area (Å²) in [5.41, 5.74) is 3.05. The Kier molecular flexibility index (Phi) is 6.09. The van der Waals surface area contributed by atoms with Crippen LogP contribution in [0.3, 0.4) is 0 Å². The molecule has 2 aromatic heterocycles. The number of carbonyl (C=O) groups is 2. The molecule has 2 heterocycles. The summed E-state index contributed by atoms with van der Waals surface area (Å²) in [4.78, 5) is 36.7. The molecule has 184 valence electrons. The number of fused-ring (bicyclic) bond motifs is 1. The number of rotatable bonds is 6. The Balaban J connectivity index is 1.34. The molecule has 36 heavy (non-hydrogen) atoms. The summed E-state index contributed by atoms with van der Waals surface area (Å²) in [6, 6.07) is 12.8. The first kappa shape index (κ1) is 23.7. The van der Waals surface area contributed by atoms with E-state index in [1.54, 1.807) is 49.3 Å². The number of benzene rings is 2. The molecule has 1 amide bonds. The molecular formula is C26H22ClFN4O4. The number of H-pyrrole nitrogens is 1. The third-order valence-corrected chi connectivity index (χ3v) is 6.54. The van der Waals surface area contributed by atoms with Crippen LogP contribution in [0.15, 0.2) is 48.5 Å². The van der Waals surface area contributed by atoms with Crippen molar-refractivity contribution in [2.75, 3.05) is 14.1 Å². The number of aromatic nitrogens is 3. The van der Waals surface area contributed by atoms with Crippen LogP contribution in [0, 0.1) is 11.7 Å². The van der Waals surface area contributed by atoms with Gasteiger partial charge in [-0.3, -0.25) is 4.79 Å². The van der Waals surface area contributed by atoms with E-state index >= 15 is 0 Å². The van der Waals surface area contributed by atoms with E-state index in [4.69, 9.17) is 21.4 Å². The van der Waals surface area contributed by atoms with E-state index in [1.807, 2.05) is 0 Å². The number of aromatic amines is 1. The molecule has 1 aliphatic rings. The lowest BCUT2D eigenvalue weighted by molar-refractivity contribution is -0.139. The number of pyridine rings is 1.